The third-order valence-electron chi connectivity index (χ3n) is 3.33. The first-order chi connectivity index (χ1) is 10.2. The van der Waals surface area contributed by atoms with Crippen molar-refractivity contribution in [2.24, 2.45) is 5.84 Å². The summed E-state index contributed by atoms with van der Waals surface area (Å²) in [6, 6.07) is 13.9. The molecular weight excluding hydrogens is 267 g/mol. The van der Waals surface area contributed by atoms with Crippen molar-refractivity contribution < 1.29 is 9.13 Å². The molecule has 2 rings (SSSR count). The summed E-state index contributed by atoms with van der Waals surface area (Å²) in [6.07, 6.45) is 2.15. The maximum absolute atomic E-state index is 13.3. The minimum absolute atomic E-state index is 0.245. The zero-order valence-corrected chi connectivity index (χ0v) is 12.2. The lowest BCUT2D eigenvalue weighted by Crippen LogP contribution is -2.28. The van der Waals surface area contributed by atoms with Crippen LogP contribution in [0.5, 0.6) is 5.75 Å². The lowest BCUT2D eigenvalue weighted by molar-refractivity contribution is 0.309. The van der Waals surface area contributed by atoms with E-state index in [1.807, 2.05) is 30.3 Å². The highest BCUT2D eigenvalue weighted by Gasteiger charge is 2.12. The number of rotatable bonds is 7. The second kappa shape index (κ2) is 7.76. The van der Waals surface area contributed by atoms with Gasteiger partial charge in [-0.25, -0.2) is 9.82 Å². The number of benzene rings is 2. The molecule has 0 saturated heterocycles. The molecule has 0 aliphatic carbocycles. The van der Waals surface area contributed by atoms with Crippen molar-refractivity contribution in [2.45, 2.75) is 25.8 Å². The Morgan fingerprint density at radius 3 is 2.52 bits per heavy atom. The molecule has 0 aromatic heterocycles. The van der Waals surface area contributed by atoms with E-state index in [1.54, 1.807) is 6.07 Å². The van der Waals surface area contributed by atoms with Crippen LogP contribution in [-0.4, -0.2) is 6.61 Å². The van der Waals surface area contributed by atoms with Crippen LogP contribution < -0.4 is 16.0 Å². The number of hydrazine groups is 1. The van der Waals surface area contributed by atoms with Crippen LogP contribution in [0.25, 0.3) is 0 Å². The SMILES string of the molecule is CCCCOc1ccc(C(NN)c2cccc(F)c2)cc1. The molecule has 1 atom stereocenters. The number of ether oxygens (including phenoxy) is 1. The van der Waals surface area contributed by atoms with Crippen LogP contribution in [0.4, 0.5) is 4.39 Å². The molecule has 3 N–H and O–H groups in total. The molecule has 0 heterocycles. The van der Waals surface area contributed by atoms with Crippen molar-refractivity contribution in [2.75, 3.05) is 6.61 Å². The van der Waals surface area contributed by atoms with Gasteiger partial charge in [0.25, 0.3) is 0 Å². The second-order valence-electron chi connectivity index (χ2n) is 4.93. The smallest absolute Gasteiger partial charge is 0.123 e. The zero-order chi connectivity index (χ0) is 15.1. The topological polar surface area (TPSA) is 47.3 Å². The molecule has 0 bridgehead atoms. The first kappa shape index (κ1) is 15.5. The summed E-state index contributed by atoms with van der Waals surface area (Å²) in [5.41, 5.74) is 4.48. The first-order valence-electron chi connectivity index (χ1n) is 7.19. The highest BCUT2D eigenvalue weighted by Crippen LogP contribution is 2.24. The van der Waals surface area contributed by atoms with Crippen LogP contribution >= 0.6 is 0 Å². The van der Waals surface area contributed by atoms with Gasteiger partial charge in [-0.1, -0.05) is 37.6 Å². The Labute approximate surface area is 124 Å². The minimum atomic E-state index is -0.271. The molecule has 4 heteroatoms. The van der Waals surface area contributed by atoms with Crippen molar-refractivity contribution in [1.29, 1.82) is 0 Å². The fraction of sp³-hybridized carbons (Fsp3) is 0.294. The van der Waals surface area contributed by atoms with Crippen LogP contribution in [-0.2, 0) is 0 Å². The summed E-state index contributed by atoms with van der Waals surface area (Å²) in [5, 5.41) is 0. The number of nitrogens with two attached hydrogens (primary N) is 1. The maximum Gasteiger partial charge on any atom is 0.123 e. The van der Waals surface area contributed by atoms with Crippen LogP contribution in [0.15, 0.2) is 48.5 Å². The molecule has 3 nitrogen and oxygen atoms in total. The molecule has 112 valence electrons. The number of hydrogen-bond donors (Lipinski definition) is 2. The number of hydrogen-bond acceptors (Lipinski definition) is 3. The molecule has 1 unspecified atom stereocenters. The fourth-order valence-electron chi connectivity index (χ4n) is 2.16. The van der Waals surface area contributed by atoms with Crippen LogP contribution in [0, 0.1) is 5.82 Å². The maximum atomic E-state index is 13.3. The van der Waals surface area contributed by atoms with E-state index in [1.165, 1.54) is 12.1 Å². The van der Waals surface area contributed by atoms with Gasteiger partial charge in [-0.2, -0.15) is 0 Å². The molecule has 0 fully saturated rings. The van der Waals surface area contributed by atoms with E-state index < -0.39 is 0 Å². The van der Waals surface area contributed by atoms with Gasteiger partial charge in [-0.15, -0.1) is 0 Å². The normalized spacial score (nSPS) is 12.1. The van der Waals surface area contributed by atoms with Crippen LogP contribution in [0.2, 0.25) is 0 Å². The van der Waals surface area contributed by atoms with Crippen LogP contribution in [0.1, 0.15) is 36.9 Å². The van der Waals surface area contributed by atoms with Crippen molar-refractivity contribution in [1.82, 2.24) is 5.43 Å². The predicted molar refractivity (Wildman–Crippen MR) is 82.4 cm³/mol. The molecule has 21 heavy (non-hydrogen) atoms. The number of nitrogens with one attached hydrogen (secondary N) is 1. The van der Waals surface area contributed by atoms with E-state index in [0.29, 0.717) is 0 Å². The third kappa shape index (κ3) is 4.28. The highest BCUT2D eigenvalue weighted by molar-refractivity contribution is 5.35. The molecule has 2 aromatic rings. The summed E-state index contributed by atoms with van der Waals surface area (Å²) < 4.78 is 19.0. The molecule has 0 aliphatic rings. The van der Waals surface area contributed by atoms with Gasteiger partial charge in [0.2, 0.25) is 0 Å². The van der Waals surface area contributed by atoms with Gasteiger partial charge in [0, 0.05) is 0 Å². The van der Waals surface area contributed by atoms with Gasteiger partial charge in [-0.05, 0) is 41.8 Å². The van der Waals surface area contributed by atoms with E-state index >= 15 is 0 Å². The van der Waals surface area contributed by atoms with E-state index in [0.717, 1.165) is 36.3 Å². The Bertz CT molecular complexity index is 557. The summed E-state index contributed by atoms with van der Waals surface area (Å²) >= 11 is 0. The van der Waals surface area contributed by atoms with Crippen LogP contribution in [0.3, 0.4) is 0 Å². The summed E-state index contributed by atoms with van der Waals surface area (Å²) in [7, 11) is 0. The van der Waals surface area contributed by atoms with E-state index in [9.17, 15) is 4.39 Å². The quantitative estimate of drug-likeness (QED) is 0.465. The molecule has 0 radical (unpaired) electrons. The Morgan fingerprint density at radius 2 is 1.90 bits per heavy atom. The van der Waals surface area contributed by atoms with Crippen molar-refractivity contribution in [3.8, 4) is 5.75 Å². The summed E-state index contributed by atoms with van der Waals surface area (Å²) in [5.74, 6) is 6.18. The van der Waals surface area contributed by atoms with E-state index in [-0.39, 0.29) is 11.9 Å². The van der Waals surface area contributed by atoms with E-state index in [2.05, 4.69) is 12.3 Å². The van der Waals surface area contributed by atoms with Crippen molar-refractivity contribution in [3.63, 3.8) is 0 Å². The Balaban J connectivity index is 2.12. The zero-order valence-electron chi connectivity index (χ0n) is 12.2. The number of unbranched alkanes of at least 4 members (excludes halogenated alkanes) is 1. The lowest BCUT2D eigenvalue weighted by atomic mass is 9.99. The van der Waals surface area contributed by atoms with Gasteiger partial charge in [0.15, 0.2) is 0 Å². The molecule has 2 aromatic carbocycles. The molecule has 0 spiro atoms. The van der Waals surface area contributed by atoms with Crippen molar-refractivity contribution in [3.05, 3.63) is 65.5 Å². The monoisotopic (exact) mass is 288 g/mol. The third-order valence-corrected chi connectivity index (χ3v) is 3.33. The first-order valence-corrected chi connectivity index (χ1v) is 7.19. The molecule has 0 amide bonds. The molecule has 0 aliphatic heterocycles. The summed E-state index contributed by atoms with van der Waals surface area (Å²) in [6.45, 7) is 2.85. The fourth-order valence-corrected chi connectivity index (χ4v) is 2.16. The second-order valence-corrected chi connectivity index (χ2v) is 4.93. The average molecular weight is 288 g/mol. The predicted octanol–water partition coefficient (Wildman–Crippen LogP) is 3.56. The lowest BCUT2D eigenvalue weighted by Gasteiger charge is -2.17. The molecule has 0 saturated carbocycles. The van der Waals surface area contributed by atoms with E-state index in [4.69, 9.17) is 10.6 Å². The summed E-state index contributed by atoms with van der Waals surface area (Å²) in [4.78, 5) is 0. The van der Waals surface area contributed by atoms with Gasteiger partial charge in [0.05, 0.1) is 12.6 Å². The Kier molecular flexibility index (Phi) is 5.72. The van der Waals surface area contributed by atoms with Gasteiger partial charge >= 0.3 is 0 Å². The largest absolute Gasteiger partial charge is 0.494 e. The van der Waals surface area contributed by atoms with Crippen molar-refractivity contribution >= 4 is 0 Å². The Morgan fingerprint density at radius 1 is 1.14 bits per heavy atom. The Hall–Kier alpha value is -1.91. The molecular formula is C17H21FN2O. The number of halogens is 1. The standard InChI is InChI=1S/C17H21FN2O/c1-2-3-11-21-16-9-7-13(8-10-16)17(20-19)14-5-4-6-15(18)12-14/h4-10,12,17,20H,2-3,11,19H2,1H3. The van der Waals surface area contributed by atoms with Gasteiger partial charge in [0.1, 0.15) is 11.6 Å². The minimum Gasteiger partial charge on any atom is -0.494 e. The average Bonchev–Trinajstić information content (AvgIpc) is 2.50. The highest BCUT2D eigenvalue weighted by atomic mass is 19.1. The van der Waals surface area contributed by atoms with Gasteiger partial charge in [-0.3, -0.25) is 5.84 Å². The van der Waals surface area contributed by atoms with Gasteiger partial charge < -0.3 is 4.74 Å².